The van der Waals surface area contributed by atoms with Crippen molar-refractivity contribution in [2.75, 3.05) is 6.61 Å². The Morgan fingerprint density at radius 1 is 1.32 bits per heavy atom. The van der Waals surface area contributed by atoms with E-state index >= 15 is 0 Å². The lowest BCUT2D eigenvalue weighted by Gasteiger charge is -2.24. The van der Waals surface area contributed by atoms with Crippen molar-refractivity contribution in [3.63, 3.8) is 0 Å². The Bertz CT molecular complexity index is 467. The second kappa shape index (κ2) is 5.47. The molecule has 1 aromatic rings. The molecular formula is C16H20O3. The molecule has 0 spiro atoms. The van der Waals surface area contributed by atoms with E-state index < -0.39 is 11.4 Å². The summed E-state index contributed by atoms with van der Waals surface area (Å²) in [6.07, 6.45) is 3.43. The summed E-state index contributed by atoms with van der Waals surface area (Å²) in [5.41, 5.74) is 1.16. The third-order valence-corrected chi connectivity index (χ3v) is 3.76. The minimum Gasteiger partial charge on any atom is -0.489 e. The first-order valence-electron chi connectivity index (χ1n) is 6.66. The Labute approximate surface area is 113 Å². The lowest BCUT2D eigenvalue weighted by Crippen LogP contribution is -2.32. The number of rotatable bonds is 5. The first-order valence-corrected chi connectivity index (χ1v) is 6.66. The highest BCUT2D eigenvalue weighted by Gasteiger charge is 2.42. The molecule has 0 amide bonds. The van der Waals surface area contributed by atoms with Crippen LogP contribution in [0.3, 0.4) is 0 Å². The Morgan fingerprint density at radius 2 is 1.89 bits per heavy atom. The van der Waals surface area contributed by atoms with Gasteiger partial charge in [-0.05, 0) is 43.0 Å². The molecular weight excluding hydrogens is 240 g/mol. The van der Waals surface area contributed by atoms with Crippen LogP contribution in [0.5, 0.6) is 5.75 Å². The summed E-state index contributed by atoms with van der Waals surface area (Å²) in [7, 11) is 0. The molecule has 2 rings (SSSR count). The molecule has 19 heavy (non-hydrogen) atoms. The van der Waals surface area contributed by atoms with E-state index in [-0.39, 0.29) is 0 Å². The quantitative estimate of drug-likeness (QED) is 0.824. The molecule has 3 heteroatoms. The smallest absolute Gasteiger partial charge is 0.314 e. The van der Waals surface area contributed by atoms with Gasteiger partial charge in [0.05, 0.1) is 5.41 Å². The molecule has 1 aromatic carbocycles. The molecule has 0 heterocycles. The van der Waals surface area contributed by atoms with Gasteiger partial charge in [0.15, 0.2) is 0 Å². The van der Waals surface area contributed by atoms with Gasteiger partial charge in [-0.2, -0.15) is 0 Å². The maximum absolute atomic E-state index is 11.6. The number of aliphatic carboxylic acids is 1. The number of carbonyl (C=O) groups is 1. The van der Waals surface area contributed by atoms with Gasteiger partial charge in [0.1, 0.15) is 12.4 Å². The van der Waals surface area contributed by atoms with E-state index in [9.17, 15) is 9.90 Å². The van der Waals surface area contributed by atoms with E-state index in [1.807, 2.05) is 31.2 Å². The van der Waals surface area contributed by atoms with Gasteiger partial charge < -0.3 is 9.84 Å². The molecule has 0 atom stereocenters. The van der Waals surface area contributed by atoms with E-state index in [1.54, 1.807) is 0 Å². The van der Waals surface area contributed by atoms with Gasteiger partial charge in [-0.15, -0.1) is 0 Å². The normalized spacial score (nSPS) is 17.1. The van der Waals surface area contributed by atoms with Crippen molar-refractivity contribution in [2.24, 2.45) is 0 Å². The monoisotopic (exact) mass is 260 g/mol. The summed E-state index contributed by atoms with van der Waals surface area (Å²) in [4.78, 5) is 11.6. The Morgan fingerprint density at radius 3 is 2.37 bits per heavy atom. The highest BCUT2D eigenvalue weighted by molar-refractivity contribution is 5.81. The number of benzene rings is 1. The summed E-state index contributed by atoms with van der Waals surface area (Å²) in [6.45, 7) is 6.18. The van der Waals surface area contributed by atoms with Crippen LogP contribution in [0.4, 0.5) is 0 Å². The maximum atomic E-state index is 11.6. The van der Waals surface area contributed by atoms with Gasteiger partial charge in [-0.25, -0.2) is 0 Å². The Hall–Kier alpha value is -1.77. The minimum atomic E-state index is -0.708. The Balaban J connectivity index is 2.17. The van der Waals surface area contributed by atoms with Crippen LogP contribution < -0.4 is 4.74 Å². The van der Waals surface area contributed by atoms with Crippen molar-refractivity contribution >= 4 is 5.97 Å². The van der Waals surface area contributed by atoms with Gasteiger partial charge in [-0.3, -0.25) is 4.79 Å². The molecule has 1 saturated carbocycles. The average Bonchev–Trinajstić information content (AvgIpc) is 2.87. The van der Waals surface area contributed by atoms with E-state index in [2.05, 4.69) is 6.58 Å². The molecule has 0 bridgehead atoms. The fourth-order valence-corrected chi connectivity index (χ4v) is 2.68. The van der Waals surface area contributed by atoms with Gasteiger partial charge in [-0.1, -0.05) is 31.6 Å². The van der Waals surface area contributed by atoms with Crippen molar-refractivity contribution in [1.82, 2.24) is 0 Å². The molecule has 102 valence electrons. The third-order valence-electron chi connectivity index (χ3n) is 3.76. The topological polar surface area (TPSA) is 46.5 Å². The highest BCUT2D eigenvalue weighted by Crippen LogP contribution is 2.41. The molecule has 0 radical (unpaired) electrons. The van der Waals surface area contributed by atoms with Crippen molar-refractivity contribution < 1.29 is 14.6 Å². The van der Waals surface area contributed by atoms with E-state index in [0.717, 1.165) is 42.6 Å². The lowest BCUT2D eigenvalue weighted by molar-refractivity contribution is -0.143. The zero-order valence-corrected chi connectivity index (χ0v) is 11.3. The average molecular weight is 260 g/mol. The van der Waals surface area contributed by atoms with Crippen LogP contribution >= 0.6 is 0 Å². The van der Waals surface area contributed by atoms with Crippen molar-refractivity contribution in [3.8, 4) is 5.75 Å². The molecule has 0 saturated heterocycles. The molecule has 1 aliphatic carbocycles. The summed E-state index contributed by atoms with van der Waals surface area (Å²) in [6, 6.07) is 7.46. The number of hydrogen-bond acceptors (Lipinski definition) is 2. The Kier molecular flexibility index (Phi) is 3.93. The van der Waals surface area contributed by atoms with Crippen molar-refractivity contribution in [2.45, 2.75) is 38.0 Å². The van der Waals surface area contributed by atoms with Crippen LogP contribution in [-0.4, -0.2) is 17.7 Å². The molecule has 3 nitrogen and oxygen atoms in total. The summed E-state index contributed by atoms with van der Waals surface area (Å²) < 4.78 is 5.53. The second-order valence-corrected chi connectivity index (χ2v) is 5.36. The predicted octanol–water partition coefficient (Wildman–Crippen LogP) is 3.54. The summed E-state index contributed by atoms with van der Waals surface area (Å²) >= 11 is 0. The number of hydrogen-bond donors (Lipinski definition) is 1. The molecule has 1 N–H and O–H groups in total. The predicted molar refractivity (Wildman–Crippen MR) is 74.5 cm³/mol. The third kappa shape index (κ3) is 2.80. The number of ether oxygens (including phenoxy) is 1. The zero-order valence-electron chi connectivity index (χ0n) is 11.3. The summed E-state index contributed by atoms with van der Waals surface area (Å²) in [5, 5.41) is 9.52. The van der Waals surface area contributed by atoms with Crippen LogP contribution in [0, 0.1) is 0 Å². The first kappa shape index (κ1) is 13.7. The fraction of sp³-hybridized carbons (Fsp3) is 0.438. The maximum Gasteiger partial charge on any atom is 0.314 e. The molecule has 1 aliphatic rings. The van der Waals surface area contributed by atoms with Crippen LogP contribution in [0.2, 0.25) is 0 Å². The van der Waals surface area contributed by atoms with Crippen molar-refractivity contribution in [1.29, 1.82) is 0 Å². The largest absolute Gasteiger partial charge is 0.489 e. The minimum absolute atomic E-state index is 0.490. The van der Waals surface area contributed by atoms with E-state index in [0.29, 0.717) is 6.61 Å². The number of carboxylic acids is 1. The van der Waals surface area contributed by atoms with Crippen LogP contribution in [0.25, 0.3) is 0 Å². The number of carboxylic acid groups (broad SMARTS) is 1. The summed E-state index contributed by atoms with van der Waals surface area (Å²) in [5.74, 6) is 0.0471. The van der Waals surface area contributed by atoms with Crippen LogP contribution in [0.15, 0.2) is 36.4 Å². The molecule has 1 fully saturated rings. The highest BCUT2D eigenvalue weighted by atomic mass is 16.5. The molecule has 0 aliphatic heterocycles. The second-order valence-electron chi connectivity index (χ2n) is 5.36. The van der Waals surface area contributed by atoms with Crippen LogP contribution in [0.1, 0.15) is 38.2 Å². The first-order chi connectivity index (χ1) is 9.04. The van der Waals surface area contributed by atoms with Gasteiger partial charge in [0.2, 0.25) is 0 Å². The van der Waals surface area contributed by atoms with Crippen molar-refractivity contribution in [3.05, 3.63) is 42.0 Å². The molecule has 0 aromatic heterocycles. The van der Waals surface area contributed by atoms with Crippen LogP contribution in [-0.2, 0) is 10.2 Å². The van der Waals surface area contributed by atoms with E-state index in [4.69, 9.17) is 4.74 Å². The van der Waals surface area contributed by atoms with Gasteiger partial charge in [0, 0.05) is 0 Å². The SMILES string of the molecule is C=C(C)COc1ccc(C2(C(=O)O)CCCC2)cc1. The molecule has 0 unspecified atom stereocenters. The van der Waals surface area contributed by atoms with E-state index in [1.165, 1.54) is 0 Å². The van der Waals surface area contributed by atoms with Gasteiger partial charge in [0.25, 0.3) is 0 Å². The van der Waals surface area contributed by atoms with Gasteiger partial charge >= 0.3 is 5.97 Å². The standard InChI is InChI=1S/C16H20O3/c1-12(2)11-19-14-7-5-13(6-8-14)16(15(17)18)9-3-4-10-16/h5-8H,1,3-4,9-11H2,2H3,(H,17,18). The lowest BCUT2D eigenvalue weighted by atomic mass is 9.79. The fourth-order valence-electron chi connectivity index (χ4n) is 2.68. The zero-order chi connectivity index (χ0) is 13.9.